The van der Waals surface area contributed by atoms with Crippen molar-refractivity contribution >= 4 is 34.4 Å². The number of carboxylic acids is 1. The van der Waals surface area contributed by atoms with E-state index in [1.807, 2.05) is 6.92 Å². The first-order chi connectivity index (χ1) is 13.7. The second kappa shape index (κ2) is 7.87. The van der Waals surface area contributed by atoms with Gasteiger partial charge >= 0.3 is 5.97 Å². The van der Waals surface area contributed by atoms with Crippen LogP contribution in [0.1, 0.15) is 47.8 Å². The van der Waals surface area contributed by atoms with Crippen LogP contribution >= 0.6 is 11.6 Å². The highest BCUT2D eigenvalue weighted by atomic mass is 35.5. The van der Waals surface area contributed by atoms with Crippen molar-refractivity contribution in [3.63, 3.8) is 0 Å². The Morgan fingerprint density at radius 3 is 2.34 bits per heavy atom. The minimum atomic E-state index is -1.11. The fraction of sp³-hybridized carbons (Fsp3) is 0.273. The molecule has 152 valence electrons. The van der Waals surface area contributed by atoms with E-state index in [9.17, 15) is 24.2 Å². The lowest BCUT2D eigenvalue weighted by atomic mass is 9.84. The molecule has 2 aromatic carbocycles. The Morgan fingerprint density at radius 1 is 1.17 bits per heavy atom. The standard InChI is InChI=1S/C22H21ClFNO4/c1-4-11(2)17(22(28)29)18-12(3)25(15-9-10-16(26)20(24)19(15)18)21(27)13-5-7-14(23)8-6-13/h5-11,17,26H,4H2,1-3H3,(H,28,29)/t11?,17-/m1/s1. The van der Waals surface area contributed by atoms with Gasteiger partial charge in [0.2, 0.25) is 0 Å². The van der Waals surface area contributed by atoms with Crippen LogP contribution in [0.25, 0.3) is 10.9 Å². The molecule has 3 aromatic rings. The van der Waals surface area contributed by atoms with E-state index in [1.54, 1.807) is 38.1 Å². The second-order valence-electron chi connectivity index (χ2n) is 7.14. The Hall–Kier alpha value is -2.86. The van der Waals surface area contributed by atoms with Gasteiger partial charge in [0.15, 0.2) is 11.6 Å². The number of aromatic hydroxyl groups is 1. The molecule has 0 fully saturated rings. The van der Waals surface area contributed by atoms with Crippen molar-refractivity contribution in [1.29, 1.82) is 0 Å². The Bertz CT molecular complexity index is 1100. The summed E-state index contributed by atoms with van der Waals surface area (Å²) in [4.78, 5) is 25.3. The quantitative estimate of drug-likeness (QED) is 0.586. The fourth-order valence-electron chi connectivity index (χ4n) is 3.73. The van der Waals surface area contributed by atoms with Crippen LogP contribution in [-0.4, -0.2) is 26.7 Å². The summed E-state index contributed by atoms with van der Waals surface area (Å²) >= 11 is 5.90. The monoisotopic (exact) mass is 417 g/mol. The van der Waals surface area contributed by atoms with E-state index in [2.05, 4.69) is 0 Å². The van der Waals surface area contributed by atoms with Crippen LogP contribution in [0, 0.1) is 18.7 Å². The highest BCUT2D eigenvalue weighted by Crippen LogP contribution is 2.40. The van der Waals surface area contributed by atoms with Crippen LogP contribution in [0.2, 0.25) is 5.02 Å². The van der Waals surface area contributed by atoms with Crippen molar-refractivity contribution in [2.75, 3.05) is 0 Å². The minimum Gasteiger partial charge on any atom is -0.505 e. The summed E-state index contributed by atoms with van der Waals surface area (Å²) in [6.45, 7) is 5.21. The number of benzene rings is 2. The molecule has 5 nitrogen and oxygen atoms in total. The average Bonchev–Trinajstić information content (AvgIpc) is 2.97. The number of fused-ring (bicyclic) bond motifs is 1. The second-order valence-corrected chi connectivity index (χ2v) is 7.58. The molecule has 0 aliphatic rings. The van der Waals surface area contributed by atoms with E-state index in [0.717, 1.165) is 6.07 Å². The number of rotatable bonds is 5. The molecule has 7 heteroatoms. The molecular weight excluding hydrogens is 397 g/mol. The van der Waals surface area contributed by atoms with Crippen LogP contribution in [0.5, 0.6) is 5.75 Å². The predicted molar refractivity (Wildman–Crippen MR) is 109 cm³/mol. The number of phenolic OH excluding ortho intramolecular Hbond substituents is 1. The number of hydrogen-bond donors (Lipinski definition) is 2. The van der Waals surface area contributed by atoms with Gasteiger partial charge in [-0.1, -0.05) is 31.9 Å². The fourth-order valence-corrected chi connectivity index (χ4v) is 3.86. The molecular formula is C22H21ClFNO4. The largest absolute Gasteiger partial charge is 0.505 e. The van der Waals surface area contributed by atoms with Gasteiger partial charge in [-0.3, -0.25) is 14.2 Å². The minimum absolute atomic E-state index is 0.0440. The molecule has 0 amide bonds. The van der Waals surface area contributed by atoms with Gasteiger partial charge in [-0.2, -0.15) is 0 Å². The summed E-state index contributed by atoms with van der Waals surface area (Å²) in [6.07, 6.45) is 0.550. The maximum Gasteiger partial charge on any atom is 0.311 e. The first-order valence-corrected chi connectivity index (χ1v) is 9.62. The average molecular weight is 418 g/mol. The molecule has 0 radical (unpaired) electrons. The van der Waals surface area contributed by atoms with Crippen LogP contribution in [-0.2, 0) is 4.79 Å². The summed E-state index contributed by atoms with van der Waals surface area (Å²) < 4.78 is 16.3. The van der Waals surface area contributed by atoms with Crippen LogP contribution < -0.4 is 0 Å². The summed E-state index contributed by atoms with van der Waals surface area (Å²) in [7, 11) is 0. The number of carboxylic acid groups (broad SMARTS) is 1. The molecule has 0 saturated carbocycles. The number of aromatic nitrogens is 1. The van der Waals surface area contributed by atoms with Gasteiger partial charge in [0.1, 0.15) is 0 Å². The molecule has 1 aromatic heterocycles. The number of phenols is 1. The molecule has 0 saturated heterocycles. The van der Waals surface area contributed by atoms with Crippen molar-refractivity contribution in [2.24, 2.45) is 5.92 Å². The maximum absolute atomic E-state index is 15.0. The van der Waals surface area contributed by atoms with Gasteiger partial charge in [-0.25, -0.2) is 4.39 Å². The van der Waals surface area contributed by atoms with Gasteiger partial charge in [-0.15, -0.1) is 0 Å². The molecule has 0 aliphatic heterocycles. The van der Waals surface area contributed by atoms with Gasteiger partial charge in [-0.05, 0) is 54.8 Å². The van der Waals surface area contributed by atoms with E-state index < -0.39 is 29.4 Å². The lowest BCUT2D eigenvalue weighted by molar-refractivity contribution is -0.140. The zero-order valence-electron chi connectivity index (χ0n) is 16.2. The Labute approximate surface area is 172 Å². The molecule has 0 spiro atoms. The lowest BCUT2D eigenvalue weighted by Gasteiger charge is -2.20. The van der Waals surface area contributed by atoms with Crippen LogP contribution in [0.4, 0.5) is 4.39 Å². The normalized spacial score (nSPS) is 13.4. The van der Waals surface area contributed by atoms with Gasteiger partial charge < -0.3 is 10.2 Å². The Balaban J connectivity index is 2.37. The highest BCUT2D eigenvalue weighted by molar-refractivity contribution is 6.30. The number of hydrogen-bond acceptors (Lipinski definition) is 3. The summed E-state index contributed by atoms with van der Waals surface area (Å²) in [5.41, 5.74) is 1.07. The highest BCUT2D eigenvalue weighted by Gasteiger charge is 2.34. The number of carbonyl (C=O) groups excluding carboxylic acids is 1. The Kier molecular flexibility index (Phi) is 5.66. The van der Waals surface area contributed by atoms with Gasteiger partial charge in [0.05, 0.1) is 11.4 Å². The third-order valence-corrected chi connectivity index (χ3v) is 5.67. The van der Waals surface area contributed by atoms with Gasteiger partial charge in [0, 0.05) is 21.7 Å². The number of aliphatic carboxylic acids is 1. The molecule has 29 heavy (non-hydrogen) atoms. The summed E-state index contributed by atoms with van der Waals surface area (Å²) in [5, 5.41) is 20.2. The zero-order chi connectivity index (χ0) is 21.5. The van der Waals surface area contributed by atoms with Crippen molar-refractivity contribution in [3.05, 3.63) is 64.1 Å². The van der Waals surface area contributed by atoms with Crippen molar-refractivity contribution < 1.29 is 24.2 Å². The Morgan fingerprint density at radius 2 is 1.79 bits per heavy atom. The topological polar surface area (TPSA) is 79.5 Å². The van der Waals surface area contributed by atoms with Crippen molar-refractivity contribution in [2.45, 2.75) is 33.1 Å². The maximum atomic E-state index is 15.0. The van der Waals surface area contributed by atoms with Crippen LogP contribution in [0.3, 0.4) is 0 Å². The first kappa shape index (κ1) is 20.9. The van der Waals surface area contributed by atoms with E-state index in [0.29, 0.717) is 22.7 Å². The third-order valence-electron chi connectivity index (χ3n) is 5.42. The molecule has 2 N–H and O–H groups in total. The van der Waals surface area contributed by atoms with Crippen molar-refractivity contribution in [1.82, 2.24) is 4.57 Å². The van der Waals surface area contributed by atoms with Crippen LogP contribution in [0.15, 0.2) is 36.4 Å². The lowest BCUT2D eigenvalue weighted by Crippen LogP contribution is -2.21. The van der Waals surface area contributed by atoms with E-state index in [1.165, 1.54) is 10.6 Å². The first-order valence-electron chi connectivity index (χ1n) is 9.24. The molecule has 1 heterocycles. The molecule has 0 aliphatic carbocycles. The number of nitrogens with zero attached hydrogens (tertiary/aromatic N) is 1. The van der Waals surface area contributed by atoms with Crippen molar-refractivity contribution in [3.8, 4) is 5.75 Å². The number of halogens is 2. The molecule has 2 atom stereocenters. The van der Waals surface area contributed by atoms with Gasteiger partial charge in [0.25, 0.3) is 5.91 Å². The molecule has 1 unspecified atom stereocenters. The summed E-state index contributed by atoms with van der Waals surface area (Å²) in [6, 6.07) is 8.83. The summed E-state index contributed by atoms with van der Waals surface area (Å²) in [5.74, 6) is -4.41. The SMILES string of the molecule is CCC(C)[C@@H](C(=O)O)c1c(C)n(C(=O)c2ccc(Cl)cc2)c2ccc(O)c(F)c12. The van der Waals surface area contributed by atoms with E-state index >= 15 is 0 Å². The van der Waals surface area contributed by atoms with E-state index in [4.69, 9.17) is 11.6 Å². The molecule has 3 rings (SSSR count). The zero-order valence-corrected chi connectivity index (χ0v) is 17.0. The number of carbonyl (C=O) groups is 2. The third kappa shape index (κ3) is 3.49. The molecule has 0 bridgehead atoms. The van der Waals surface area contributed by atoms with E-state index in [-0.39, 0.29) is 22.4 Å². The smallest absolute Gasteiger partial charge is 0.311 e. The predicted octanol–water partition coefficient (Wildman–Crippen LogP) is 5.35.